The SMILES string of the molecule is O=C(CC1NCCN(Cc2ccccc2F)C1=O)N1CCC(O)CC1. The second-order valence-electron chi connectivity index (χ2n) is 6.67. The minimum atomic E-state index is -0.570. The van der Waals surface area contributed by atoms with Gasteiger partial charge in [-0.25, -0.2) is 4.39 Å². The number of piperazine rings is 1. The summed E-state index contributed by atoms with van der Waals surface area (Å²) in [5, 5.41) is 12.6. The number of nitrogens with one attached hydrogen (secondary N) is 1. The monoisotopic (exact) mass is 349 g/mol. The number of carbonyl (C=O) groups excluding carboxylic acids is 2. The molecule has 0 aromatic heterocycles. The molecular formula is C18H24FN3O3. The Bertz CT molecular complexity index is 632. The van der Waals surface area contributed by atoms with Gasteiger partial charge >= 0.3 is 0 Å². The number of halogens is 1. The molecule has 0 bridgehead atoms. The quantitative estimate of drug-likeness (QED) is 0.830. The molecule has 6 nitrogen and oxygen atoms in total. The van der Waals surface area contributed by atoms with E-state index in [0.717, 1.165) is 0 Å². The average molecular weight is 349 g/mol. The van der Waals surface area contributed by atoms with E-state index in [4.69, 9.17) is 0 Å². The topological polar surface area (TPSA) is 72.9 Å². The van der Waals surface area contributed by atoms with E-state index in [-0.39, 0.29) is 36.7 Å². The number of benzene rings is 1. The summed E-state index contributed by atoms with van der Waals surface area (Å²) in [4.78, 5) is 28.4. The van der Waals surface area contributed by atoms with E-state index in [1.807, 2.05) is 0 Å². The van der Waals surface area contributed by atoms with Crippen LogP contribution in [0.2, 0.25) is 0 Å². The molecule has 0 spiro atoms. The minimum Gasteiger partial charge on any atom is -0.393 e. The zero-order valence-electron chi connectivity index (χ0n) is 14.2. The van der Waals surface area contributed by atoms with Crippen LogP contribution in [0.3, 0.4) is 0 Å². The van der Waals surface area contributed by atoms with Crippen molar-refractivity contribution in [3.05, 3.63) is 35.6 Å². The van der Waals surface area contributed by atoms with Gasteiger partial charge in [0.1, 0.15) is 5.82 Å². The Kier molecular flexibility index (Phi) is 5.65. The molecule has 2 fully saturated rings. The van der Waals surface area contributed by atoms with Crippen molar-refractivity contribution in [1.29, 1.82) is 0 Å². The lowest BCUT2D eigenvalue weighted by Crippen LogP contribution is -2.56. The molecule has 2 heterocycles. The van der Waals surface area contributed by atoms with Gasteiger partial charge in [-0.2, -0.15) is 0 Å². The van der Waals surface area contributed by atoms with Crippen molar-refractivity contribution in [2.45, 2.75) is 38.0 Å². The Morgan fingerprint density at radius 3 is 2.68 bits per heavy atom. The van der Waals surface area contributed by atoms with Gasteiger partial charge < -0.3 is 20.2 Å². The van der Waals surface area contributed by atoms with Crippen molar-refractivity contribution >= 4 is 11.8 Å². The third-order valence-electron chi connectivity index (χ3n) is 4.90. The fourth-order valence-electron chi connectivity index (χ4n) is 3.36. The number of aliphatic hydroxyl groups is 1. The highest BCUT2D eigenvalue weighted by atomic mass is 19.1. The van der Waals surface area contributed by atoms with E-state index < -0.39 is 6.04 Å². The summed E-state index contributed by atoms with van der Waals surface area (Å²) in [6.07, 6.45) is 0.923. The molecule has 2 saturated heterocycles. The number of likely N-dealkylation sites (tertiary alicyclic amines) is 1. The number of piperidine rings is 1. The second kappa shape index (κ2) is 7.93. The molecule has 0 saturated carbocycles. The molecule has 0 aliphatic carbocycles. The molecule has 3 rings (SSSR count). The molecular weight excluding hydrogens is 325 g/mol. The molecule has 1 aromatic carbocycles. The van der Waals surface area contributed by atoms with Gasteiger partial charge in [-0.3, -0.25) is 9.59 Å². The lowest BCUT2D eigenvalue weighted by atomic mass is 10.0. The zero-order chi connectivity index (χ0) is 17.8. The minimum absolute atomic E-state index is 0.0782. The van der Waals surface area contributed by atoms with Crippen LogP contribution in [0.1, 0.15) is 24.8 Å². The van der Waals surface area contributed by atoms with Gasteiger partial charge in [0.25, 0.3) is 0 Å². The van der Waals surface area contributed by atoms with Gasteiger partial charge in [-0.05, 0) is 18.9 Å². The first-order valence-electron chi connectivity index (χ1n) is 8.76. The summed E-state index contributed by atoms with van der Waals surface area (Å²) in [6, 6.07) is 5.85. The highest BCUT2D eigenvalue weighted by molar-refractivity contribution is 5.89. The summed E-state index contributed by atoms with van der Waals surface area (Å²) in [5.74, 6) is -0.571. The molecule has 1 atom stereocenters. The Morgan fingerprint density at radius 2 is 1.96 bits per heavy atom. The molecule has 2 aliphatic rings. The van der Waals surface area contributed by atoms with Crippen LogP contribution in [0.5, 0.6) is 0 Å². The zero-order valence-corrected chi connectivity index (χ0v) is 14.2. The van der Waals surface area contributed by atoms with Crippen LogP contribution in [0, 0.1) is 5.82 Å². The fourth-order valence-corrected chi connectivity index (χ4v) is 3.36. The van der Waals surface area contributed by atoms with Crippen LogP contribution < -0.4 is 5.32 Å². The normalized spacial score (nSPS) is 22.3. The van der Waals surface area contributed by atoms with E-state index in [1.165, 1.54) is 6.07 Å². The predicted octanol–water partition coefficient (Wildman–Crippen LogP) is 0.499. The van der Waals surface area contributed by atoms with Crippen LogP contribution >= 0.6 is 0 Å². The molecule has 7 heteroatoms. The lowest BCUT2D eigenvalue weighted by Gasteiger charge is -2.35. The summed E-state index contributed by atoms with van der Waals surface area (Å²) in [6.45, 7) is 2.35. The van der Waals surface area contributed by atoms with Crippen LogP contribution in [-0.4, -0.2) is 65.0 Å². The summed E-state index contributed by atoms with van der Waals surface area (Å²) >= 11 is 0. The van der Waals surface area contributed by atoms with Gasteiger partial charge in [-0.1, -0.05) is 18.2 Å². The average Bonchev–Trinajstić information content (AvgIpc) is 2.61. The molecule has 0 radical (unpaired) electrons. The van der Waals surface area contributed by atoms with Gasteiger partial charge in [0.15, 0.2) is 0 Å². The van der Waals surface area contributed by atoms with Crippen molar-refractivity contribution in [2.75, 3.05) is 26.2 Å². The van der Waals surface area contributed by atoms with Crippen molar-refractivity contribution in [1.82, 2.24) is 15.1 Å². The van der Waals surface area contributed by atoms with Crippen molar-refractivity contribution in [3.63, 3.8) is 0 Å². The first kappa shape index (κ1) is 17.8. The van der Waals surface area contributed by atoms with E-state index >= 15 is 0 Å². The maximum atomic E-state index is 13.8. The van der Waals surface area contributed by atoms with E-state index in [1.54, 1.807) is 28.0 Å². The van der Waals surface area contributed by atoms with Crippen molar-refractivity contribution in [2.24, 2.45) is 0 Å². The number of amides is 2. The van der Waals surface area contributed by atoms with Crippen LogP contribution in [0.15, 0.2) is 24.3 Å². The smallest absolute Gasteiger partial charge is 0.240 e. The van der Waals surface area contributed by atoms with E-state index in [0.29, 0.717) is 44.6 Å². The lowest BCUT2D eigenvalue weighted by molar-refractivity contribution is -0.142. The highest BCUT2D eigenvalue weighted by Gasteiger charge is 2.32. The Morgan fingerprint density at radius 1 is 1.24 bits per heavy atom. The third-order valence-corrected chi connectivity index (χ3v) is 4.90. The van der Waals surface area contributed by atoms with E-state index in [9.17, 15) is 19.1 Å². The van der Waals surface area contributed by atoms with Crippen molar-refractivity contribution in [3.8, 4) is 0 Å². The maximum Gasteiger partial charge on any atom is 0.240 e. The Hall–Kier alpha value is -1.99. The number of nitrogens with zero attached hydrogens (tertiary/aromatic N) is 2. The maximum absolute atomic E-state index is 13.8. The predicted molar refractivity (Wildman–Crippen MR) is 90.0 cm³/mol. The highest BCUT2D eigenvalue weighted by Crippen LogP contribution is 2.16. The number of carbonyl (C=O) groups is 2. The summed E-state index contributed by atoms with van der Waals surface area (Å²) in [7, 11) is 0. The number of hydrogen-bond donors (Lipinski definition) is 2. The number of rotatable bonds is 4. The second-order valence-corrected chi connectivity index (χ2v) is 6.67. The van der Waals surface area contributed by atoms with E-state index in [2.05, 4.69) is 5.32 Å². The first-order valence-corrected chi connectivity index (χ1v) is 8.76. The molecule has 136 valence electrons. The molecule has 1 aromatic rings. The Labute approximate surface area is 146 Å². The molecule has 2 amide bonds. The number of aliphatic hydroxyl groups excluding tert-OH is 1. The molecule has 2 N–H and O–H groups in total. The molecule has 1 unspecified atom stereocenters. The van der Waals surface area contributed by atoms with Crippen LogP contribution in [0.4, 0.5) is 4.39 Å². The number of hydrogen-bond acceptors (Lipinski definition) is 4. The molecule has 25 heavy (non-hydrogen) atoms. The van der Waals surface area contributed by atoms with Gasteiger partial charge in [0.2, 0.25) is 11.8 Å². The fraction of sp³-hybridized carbons (Fsp3) is 0.556. The van der Waals surface area contributed by atoms with Crippen LogP contribution in [0.25, 0.3) is 0 Å². The standard InChI is InChI=1S/C18H24FN3O3/c19-15-4-2-1-3-13(15)12-22-10-7-20-16(18(22)25)11-17(24)21-8-5-14(23)6-9-21/h1-4,14,16,20,23H,5-12H2. The van der Waals surface area contributed by atoms with Crippen LogP contribution in [-0.2, 0) is 16.1 Å². The summed E-state index contributed by atoms with van der Waals surface area (Å²) in [5.41, 5.74) is 0.479. The molecule has 2 aliphatic heterocycles. The van der Waals surface area contributed by atoms with Gasteiger partial charge in [-0.15, -0.1) is 0 Å². The first-order chi connectivity index (χ1) is 12.0. The van der Waals surface area contributed by atoms with Gasteiger partial charge in [0, 0.05) is 38.3 Å². The third kappa shape index (κ3) is 4.35. The Balaban J connectivity index is 1.58. The van der Waals surface area contributed by atoms with Gasteiger partial charge in [0.05, 0.1) is 18.6 Å². The van der Waals surface area contributed by atoms with Crippen molar-refractivity contribution < 1.29 is 19.1 Å². The largest absolute Gasteiger partial charge is 0.393 e. The summed E-state index contributed by atoms with van der Waals surface area (Å²) < 4.78 is 13.8.